The van der Waals surface area contributed by atoms with Crippen LogP contribution in [0.1, 0.15) is 26.6 Å². The van der Waals surface area contributed by atoms with Gasteiger partial charge in [0, 0.05) is 5.41 Å². The van der Waals surface area contributed by atoms with Crippen LogP contribution in [0.5, 0.6) is 0 Å². The molecule has 1 heterocycles. The second-order valence-electron chi connectivity index (χ2n) is 2.93. The number of aromatic nitrogens is 3. The zero-order valence-corrected chi connectivity index (χ0v) is 5.75. The number of hydrogen-bond acceptors (Lipinski definition) is 4. The predicted molar refractivity (Wildman–Crippen MR) is 30.8 cm³/mol. The van der Waals surface area contributed by atoms with Gasteiger partial charge in [-0.15, -0.1) is 0 Å². The third-order valence-corrected chi connectivity index (χ3v) is 0.970. The molecule has 0 fully saturated rings. The van der Waals surface area contributed by atoms with Crippen molar-refractivity contribution >= 4 is 0 Å². The van der Waals surface area contributed by atoms with Gasteiger partial charge in [0.1, 0.15) is 0 Å². The van der Waals surface area contributed by atoms with Crippen molar-refractivity contribution in [3.05, 3.63) is 5.82 Å². The van der Waals surface area contributed by atoms with E-state index in [1.807, 2.05) is 20.8 Å². The minimum Gasteiger partial charge on any atom is -0.222 e. The van der Waals surface area contributed by atoms with Crippen LogP contribution in [0.3, 0.4) is 0 Å². The summed E-state index contributed by atoms with van der Waals surface area (Å²) >= 11 is 0. The summed E-state index contributed by atoms with van der Waals surface area (Å²) in [5, 5.41) is 10.5. The third-order valence-electron chi connectivity index (χ3n) is 0.970. The van der Waals surface area contributed by atoms with Gasteiger partial charge in [0.2, 0.25) is 5.82 Å². The summed E-state index contributed by atoms with van der Waals surface area (Å²) in [6.07, 6.45) is 0. The number of hydrogen-bond donors (Lipinski definition) is 0. The Kier molecular flexibility index (Phi) is 1.23. The summed E-state index contributed by atoms with van der Waals surface area (Å²) in [5.74, 6) is 0.641. The fourth-order valence-electron chi connectivity index (χ4n) is 0.419. The normalized spacial score (nSPS) is 11.9. The Hall–Kier alpha value is -0.930. The molecule has 0 unspecified atom stereocenters. The molecule has 0 aliphatic rings. The fraction of sp³-hybridized carbons (Fsp3) is 0.800. The summed E-state index contributed by atoms with van der Waals surface area (Å²) < 4.78 is 4.33. The fourth-order valence-corrected chi connectivity index (χ4v) is 0.419. The van der Waals surface area contributed by atoms with E-state index in [1.165, 1.54) is 0 Å². The Labute approximate surface area is 53.2 Å². The van der Waals surface area contributed by atoms with Crippen LogP contribution in [-0.2, 0) is 5.41 Å². The van der Waals surface area contributed by atoms with Gasteiger partial charge in [0.05, 0.1) is 5.27 Å². The highest BCUT2D eigenvalue weighted by Gasteiger charge is 2.19. The molecule has 0 aromatic carbocycles. The SMILES string of the molecule is CC(C)(C)c1nnon1. The highest BCUT2D eigenvalue weighted by atomic mass is 16.6. The lowest BCUT2D eigenvalue weighted by Gasteiger charge is -2.09. The molecule has 0 aliphatic carbocycles. The number of rotatable bonds is 0. The van der Waals surface area contributed by atoms with Crippen molar-refractivity contribution < 1.29 is 4.63 Å². The van der Waals surface area contributed by atoms with Crippen LogP contribution >= 0.6 is 0 Å². The molecule has 50 valence electrons. The van der Waals surface area contributed by atoms with Crippen LogP contribution in [0.15, 0.2) is 4.63 Å². The smallest absolute Gasteiger partial charge is 0.201 e. The highest BCUT2D eigenvalue weighted by molar-refractivity contribution is 4.94. The van der Waals surface area contributed by atoms with Gasteiger partial charge in [-0.1, -0.05) is 25.9 Å². The van der Waals surface area contributed by atoms with Crippen molar-refractivity contribution in [2.24, 2.45) is 0 Å². The lowest BCUT2D eigenvalue weighted by Crippen LogP contribution is -2.13. The Morgan fingerprint density at radius 3 is 2.22 bits per heavy atom. The zero-order valence-electron chi connectivity index (χ0n) is 5.75. The van der Waals surface area contributed by atoms with E-state index < -0.39 is 0 Å². The Morgan fingerprint density at radius 2 is 2.00 bits per heavy atom. The lowest BCUT2D eigenvalue weighted by molar-refractivity contribution is 0.287. The van der Waals surface area contributed by atoms with Crippen LogP contribution in [0.2, 0.25) is 0 Å². The van der Waals surface area contributed by atoms with Gasteiger partial charge in [0.25, 0.3) is 0 Å². The molecule has 1 aromatic rings. The maximum Gasteiger partial charge on any atom is 0.201 e. The molecule has 1 aromatic heterocycles. The minimum absolute atomic E-state index is 0.0556. The summed E-state index contributed by atoms with van der Waals surface area (Å²) in [6, 6.07) is 0. The molecule has 0 radical (unpaired) electrons. The highest BCUT2D eigenvalue weighted by Crippen LogP contribution is 2.15. The summed E-state index contributed by atoms with van der Waals surface area (Å²) in [4.78, 5) is 0. The summed E-state index contributed by atoms with van der Waals surface area (Å²) in [6.45, 7) is 6.00. The van der Waals surface area contributed by atoms with Crippen LogP contribution in [0, 0.1) is 0 Å². The third kappa shape index (κ3) is 1.25. The van der Waals surface area contributed by atoms with Gasteiger partial charge >= 0.3 is 0 Å². The van der Waals surface area contributed by atoms with E-state index in [0.717, 1.165) is 0 Å². The minimum atomic E-state index is -0.0556. The first-order chi connectivity index (χ1) is 4.11. The first kappa shape index (κ1) is 6.19. The maximum atomic E-state index is 4.33. The van der Waals surface area contributed by atoms with Crippen molar-refractivity contribution in [2.75, 3.05) is 0 Å². The van der Waals surface area contributed by atoms with Crippen LogP contribution in [0.4, 0.5) is 0 Å². The van der Waals surface area contributed by atoms with Gasteiger partial charge < -0.3 is 0 Å². The molecule has 0 N–H and O–H groups in total. The zero-order chi connectivity index (χ0) is 6.91. The van der Waals surface area contributed by atoms with Crippen LogP contribution in [-0.4, -0.2) is 15.5 Å². The molecular formula is C5H9N3O. The second-order valence-corrected chi connectivity index (χ2v) is 2.93. The molecular weight excluding hydrogens is 118 g/mol. The van der Waals surface area contributed by atoms with Crippen molar-refractivity contribution in [1.82, 2.24) is 15.5 Å². The van der Waals surface area contributed by atoms with Crippen molar-refractivity contribution in [1.29, 1.82) is 0 Å². The van der Waals surface area contributed by atoms with Gasteiger partial charge in [-0.3, -0.25) is 0 Å². The Balaban J connectivity index is 2.90. The average Bonchev–Trinajstić information content (AvgIpc) is 2.08. The molecule has 0 aliphatic heterocycles. The van der Waals surface area contributed by atoms with E-state index in [2.05, 4.69) is 20.2 Å². The predicted octanol–water partition coefficient (Wildman–Crippen LogP) is 0.762. The van der Waals surface area contributed by atoms with E-state index in [1.54, 1.807) is 0 Å². The van der Waals surface area contributed by atoms with E-state index in [4.69, 9.17) is 0 Å². The van der Waals surface area contributed by atoms with Gasteiger partial charge in [0.15, 0.2) is 0 Å². The van der Waals surface area contributed by atoms with Crippen LogP contribution < -0.4 is 0 Å². The molecule has 0 atom stereocenters. The first-order valence-electron chi connectivity index (χ1n) is 2.76. The van der Waals surface area contributed by atoms with Crippen molar-refractivity contribution in [3.8, 4) is 0 Å². The number of nitrogens with zero attached hydrogens (tertiary/aromatic N) is 3. The largest absolute Gasteiger partial charge is 0.222 e. The maximum absolute atomic E-state index is 4.33. The Morgan fingerprint density at radius 1 is 1.33 bits per heavy atom. The van der Waals surface area contributed by atoms with Gasteiger partial charge in [-0.25, -0.2) is 4.63 Å². The molecule has 9 heavy (non-hydrogen) atoms. The van der Waals surface area contributed by atoms with Crippen molar-refractivity contribution in [2.45, 2.75) is 26.2 Å². The first-order valence-corrected chi connectivity index (χ1v) is 2.76. The van der Waals surface area contributed by atoms with E-state index in [9.17, 15) is 0 Å². The molecule has 0 amide bonds. The molecule has 1 rings (SSSR count). The lowest BCUT2D eigenvalue weighted by atomic mass is 9.96. The van der Waals surface area contributed by atoms with Crippen LogP contribution in [0.25, 0.3) is 0 Å². The molecule has 0 spiro atoms. The van der Waals surface area contributed by atoms with Gasteiger partial charge in [-0.2, -0.15) is 0 Å². The Bertz CT molecular complexity index is 175. The average molecular weight is 127 g/mol. The standard InChI is InChI=1S/C5H9N3O/c1-5(2,3)4-6-8-9-7-4/h1-3H3. The summed E-state index contributed by atoms with van der Waals surface area (Å²) in [5.41, 5.74) is -0.0556. The van der Waals surface area contributed by atoms with E-state index >= 15 is 0 Å². The monoisotopic (exact) mass is 127 g/mol. The molecule has 0 bridgehead atoms. The van der Waals surface area contributed by atoms with E-state index in [0.29, 0.717) is 5.82 Å². The molecule has 0 saturated heterocycles. The quantitative estimate of drug-likeness (QED) is 0.516. The van der Waals surface area contributed by atoms with E-state index in [-0.39, 0.29) is 5.41 Å². The molecule has 0 saturated carbocycles. The molecule has 4 heteroatoms. The second kappa shape index (κ2) is 1.79. The molecule has 4 nitrogen and oxygen atoms in total. The topological polar surface area (TPSA) is 51.8 Å². The van der Waals surface area contributed by atoms with Crippen molar-refractivity contribution in [3.63, 3.8) is 0 Å². The summed E-state index contributed by atoms with van der Waals surface area (Å²) in [7, 11) is 0. The van der Waals surface area contributed by atoms with Gasteiger partial charge in [-0.05, 0) is 5.16 Å².